The number of nitrogens with one attached hydrogen (secondary N) is 1. The number of nitrogens with two attached hydrogens (primary N) is 1. The lowest BCUT2D eigenvalue weighted by atomic mass is 10.5. The molecule has 1 heterocycles. The average molecular weight is 191 g/mol. The third-order valence-electron chi connectivity index (χ3n) is 1.27. The number of alkyl halides is 2. The maximum absolute atomic E-state index is 12.3. The van der Waals surface area contributed by atoms with Crippen LogP contribution in [0.3, 0.4) is 0 Å². The highest BCUT2D eigenvalue weighted by molar-refractivity contribution is 7.80. The molecule has 1 aromatic heterocycles. The largest absolute Gasteiger partial charge is 0.376 e. The van der Waals surface area contributed by atoms with Gasteiger partial charge in [-0.15, -0.1) is 0 Å². The van der Waals surface area contributed by atoms with E-state index in [4.69, 9.17) is 5.73 Å². The highest BCUT2D eigenvalue weighted by Crippen LogP contribution is 2.15. The number of hydrogen-bond acceptors (Lipinski definition) is 1. The van der Waals surface area contributed by atoms with Gasteiger partial charge >= 0.3 is 6.55 Å². The third-order valence-corrected chi connectivity index (χ3v) is 1.47. The SMILES string of the molecule is NC(=S)N(c1ccc[nH]1)C(F)F. The second kappa shape index (κ2) is 3.48. The minimum absolute atomic E-state index is 0.192. The van der Waals surface area contributed by atoms with Gasteiger partial charge in [-0.1, -0.05) is 0 Å². The molecule has 0 spiro atoms. The molecule has 0 atom stereocenters. The van der Waals surface area contributed by atoms with E-state index in [9.17, 15) is 8.78 Å². The molecule has 66 valence electrons. The van der Waals surface area contributed by atoms with Crippen molar-refractivity contribution in [3.05, 3.63) is 18.3 Å². The number of aromatic amines is 1. The first-order chi connectivity index (χ1) is 5.63. The van der Waals surface area contributed by atoms with Gasteiger partial charge in [0.25, 0.3) is 0 Å². The summed E-state index contributed by atoms with van der Waals surface area (Å²) < 4.78 is 24.5. The van der Waals surface area contributed by atoms with E-state index in [0.29, 0.717) is 4.90 Å². The van der Waals surface area contributed by atoms with E-state index in [0.717, 1.165) is 0 Å². The molecule has 3 nitrogen and oxygen atoms in total. The predicted octanol–water partition coefficient (Wildman–Crippen LogP) is 1.29. The van der Waals surface area contributed by atoms with E-state index in [-0.39, 0.29) is 10.9 Å². The molecule has 6 heteroatoms. The molecule has 0 bridgehead atoms. The maximum atomic E-state index is 12.3. The summed E-state index contributed by atoms with van der Waals surface area (Å²) in [6.07, 6.45) is 1.52. The number of anilines is 1. The number of aromatic nitrogens is 1. The fourth-order valence-corrected chi connectivity index (χ4v) is 0.969. The van der Waals surface area contributed by atoms with Crippen LogP contribution in [0.1, 0.15) is 0 Å². The summed E-state index contributed by atoms with van der Waals surface area (Å²) in [5.41, 5.74) is 5.09. The Bertz CT molecular complexity index is 260. The number of rotatable bonds is 2. The monoisotopic (exact) mass is 191 g/mol. The van der Waals surface area contributed by atoms with Crippen molar-refractivity contribution in [2.45, 2.75) is 6.55 Å². The molecular weight excluding hydrogens is 184 g/mol. The smallest absolute Gasteiger partial charge is 0.322 e. The van der Waals surface area contributed by atoms with Crippen LogP contribution in [-0.4, -0.2) is 16.6 Å². The van der Waals surface area contributed by atoms with Gasteiger partial charge < -0.3 is 10.7 Å². The van der Waals surface area contributed by atoms with Crippen LogP contribution in [0.25, 0.3) is 0 Å². The van der Waals surface area contributed by atoms with E-state index < -0.39 is 6.55 Å². The molecule has 3 N–H and O–H groups in total. The molecule has 0 saturated heterocycles. The Balaban J connectivity index is 2.88. The molecule has 1 aromatic rings. The van der Waals surface area contributed by atoms with Crippen LogP contribution in [0.5, 0.6) is 0 Å². The minimum Gasteiger partial charge on any atom is -0.376 e. The van der Waals surface area contributed by atoms with Crippen molar-refractivity contribution in [2.24, 2.45) is 5.73 Å². The second-order valence-electron chi connectivity index (χ2n) is 2.04. The first-order valence-corrected chi connectivity index (χ1v) is 3.54. The molecule has 0 aliphatic rings. The molecule has 1 rings (SSSR count). The summed E-state index contributed by atoms with van der Waals surface area (Å²) in [6, 6.07) is 3.05. The number of H-pyrrole nitrogens is 1. The van der Waals surface area contributed by atoms with E-state index >= 15 is 0 Å². The Hall–Kier alpha value is -1.17. The van der Waals surface area contributed by atoms with Crippen LogP contribution < -0.4 is 10.6 Å². The summed E-state index contributed by atoms with van der Waals surface area (Å²) in [7, 11) is 0. The van der Waals surface area contributed by atoms with Gasteiger partial charge in [0, 0.05) is 6.20 Å². The Morgan fingerprint density at radius 3 is 2.67 bits per heavy atom. The van der Waals surface area contributed by atoms with E-state index in [1.165, 1.54) is 12.3 Å². The highest BCUT2D eigenvalue weighted by atomic mass is 32.1. The van der Waals surface area contributed by atoms with Crippen LogP contribution >= 0.6 is 12.2 Å². The van der Waals surface area contributed by atoms with Crippen molar-refractivity contribution >= 4 is 23.1 Å². The normalized spacial score (nSPS) is 10.2. The topological polar surface area (TPSA) is 45.0 Å². The van der Waals surface area contributed by atoms with E-state index in [2.05, 4.69) is 17.2 Å². The standard InChI is InChI=1S/C6H7F2N3S/c7-5(8)11(6(9)12)4-2-1-3-10-4/h1-3,5,10H,(H2,9,12). The Morgan fingerprint density at radius 1 is 1.67 bits per heavy atom. The molecule has 0 unspecified atom stereocenters. The summed E-state index contributed by atoms with van der Waals surface area (Å²) in [5.74, 6) is 0.192. The van der Waals surface area contributed by atoms with Gasteiger partial charge in [-0.05, 0) is 24.4 Å². The molecule has 0 aliphatic carbocycles. The number of thiocarbonyl (C=S) groups is 1. The summed E-state index contributed by atoms with van der Waals surface area (Å²) in [5, 5.41) is -0.354. The maximum Gasteiger partial charge on any atom is 0.322 e. The van der Waals surface area contributed by atoms with Crippen LogP contribution in [0.2, 0.25) is 0 Å². The quantitative estimate of drug-likeness (QED) is 0.547. The zero-order valence-electron chi connectivity index (χ0n) is 6.00. The summed E-state index contributed by atoms with van der Waals surface area (Å²) in [4.78, 5) is 3.12. The molecule has 0 aliphatic heterocycles. The van der Waals surface area contributed by atoms with Gasteiger partial charge in [-0.3, -0.25) is 0 Å². The predicted molar refractivity (Wildman–Crippen MR) is 46.1 cm³/mol. The number of hydrogen-bond donors (Lipinski definition) is 2. The average Bonchev–Trinajstić information content (AvgIpc) is 2.37. The van der Waals surface area contributed by atoms with Gasteiger partial charge in [0.15, 0.2) is 5.11 Å². The molecule has 0 fully saturated rings. The fourth-order valence-electron chi connectivity index (χ4n) is 0.791. The molecule has 12 heavy (non-hydrogen) atoms. The van der Waals surface area contributed by atoms with E-state index in [1.54, 1.807) is 6.07 Å². The lowest BCUT2D eigenvalue weighted by Crippen LogP contribution is -2.39. The van der Waals surface area contributed by atoms with Crippen molar-refractivity contribution in [1.29, 1.82) is 0 Å². The zero-order valence-corrected chi connectivity index (χ0v) is 6.81. The van der Waals surface area contributed by atoms with Gasteiger partial charge in [0.05, 0.1) is 0 Å². The second-order valence-corrected chi connectivity index (χ2v) is 2.46. The Morgan fingerprint density at radius 2 is 2.33 bits per heavy atom. The first kappa shape index (κ1) is 8.92. The Kier molecular flexibility index (Phi) is 2.59. The molecule has 0 radical (unpaired) electrons. The van der Waals surface area contributed by atoms with Crippen LogP contribution in [0.4, 0.5) is 14.6 Å². The summed E-state index contributed by atoms with van der Waals surface area (Å²) >= 11 is 4.44. The van der Waals surface area contributed by atoms with Crippen molar-refractivity contribution in [3.63, 3.8) is 0 Å². The van der Waals surface area contributed by atoms with Gasteiger partial charge in [-0.25, -0.2) is 4.90 Å². The van der Waals surface area contributed by atoms with Gasteiger partial charge in [-0.2, -0.15) is 8.78 Å². The third kappa shape index (κ3) is 1.70. The Labute approximate surface area is 73.2 Å². The lowest BCUT2D eigenvalue weighted by molar-refractivity contribution is 0.159. The highest BCUT2D eigenvalue weighted by Gasteiger charge is 2.19. The van der Waals surface area contributed by atoms with Crippen molar-refractivity contribution in [3.8, 4) is 0 Å². The van der Waals surface area contributed by atoms with Crippen LogP contribution in [0, 0.1) is 0 Å². The first-order valence-electron chi connectivity index (χ1n) is 3.13. The van der Waals surface area contributed by atoms with Crippen LogP contribution in [-0.2, 0) is 0 Å². The van der Waals surface area contributed by atoms with Gasteiger partial charge in [0.2, 0.25) is 0 Å². The van der Waals surface area contributed by atoms with Gasteiger partial charge in [0.1, 0.15) is 5.82 Å². The molecule has 0 saturated carbocycles. The zero-order chi connectivity index (χ0) is 9.14. The van der Waals surface area contributed by atoms with Crippen LogP contribution in [0.15, 0.2) is 18.3 Å². The lowest BCUT2D eigenvalue weighted by Gasteiger charge is -2.19. The van der Waals surface area contributed by atoms with Crippen molar-refractivity contribution in [2.75, 3.05) is 4.90 Å². The number of halogens is 2. The molecule has 0 aromatic carbocycles. The van der Waals surface area contributed by atoms with E-state index in [1.807, 2.05) is 0 Å². The molecule has 0 amide bonds. The summed E-state index contributed by atoms with van der Waals surface area (Å²) in [6.45, 7) is -2.72. The minimum atomic E-state index is -2.72. The molecular formula is C6H7F2N3S. The fraction of sp³-hybridized carbons (Fsp3) is 0.167. The van der Waals surface area contributed by atoms with Crippen molar-refractivity contribution in [1.82, 2.24) is 4.98 Å². The number of nitrogens with zero attached hydrogens (tertiary/aromatic N) is 1. The van der Waals surface area contributed by atoms with Crippen molar-refractivity contribution < 1.29 is 8.78 Å².